The third kappa shape index (κ3) is 2.20. The Hall–Kier alpha value is -0.670. The SMILES string of the molecule is CSc1c(Cl)cccc1C1=NC(C)(C)CO1. The molecule has 86 valence electrons. The van der Waals surface area contributed by atoms with Crippen LogP contribution in [0.15, 0.2) is 28.1 Å². The summed E-state index contributed by atoms with van der Waals surface area (Å²) in [6.07, 6.45) is 2.01. The molecule has 2 nitrogen and oxygen atoms in total. The van der Waals surface area contributed by atoms with E-state index >= 15 is 0 Å². The van der Waals surface area contributed by atoms with Crippen LogP contribution in [0.5, 0.6) is 0 Å². The van der Waals surface area contributed by atoms with E-state index in [2.05, 4.69) is 18.8 Å². The second-order valence-electron chi connectivity index (χ2n) is 4.34. The lowest BCUT2D eigenvalue weighted by Crippen LogP contribution is -2.17. The van der Waals surface area contributed by atoms with Gasteiger partial charge in [-0.05, 0) is 32.2 Å². The molecule has 1 aromatic carbocycles. The van der Waals surface area contributed by atoms with Gasteiger partial charge < -0.3 is 4.74 Å². The fourth-order valence-electron chi connectivity index (χ4n) is 1.61. The van der Waals surface area contributed by atoms with Gasteiger partial charge in [0.15, 0.2) is 0 Å². The molecule has 4 heteroatoms. The molecule has 0 bridgehead atoms. The van der Waals surface area contributed by atoms with Gasteiger partial charge in [-0.3, -0.25) is 0 Å². The van der Waals surface area contributed by atoms with Gasteiger partial charge in [-0.2, -0.15) is 0 Å². The van der Waals surface area contributed by atoms with Crippen LogP contribution >= 0.6 is 23.4 Å². The molecule has 1 aliphatic rings. The van der Waals surface area contributed by atoms with Crippen molar-refractivity contribution in [1.29, 1.82) is 0 Å². The molecule has 0 saturated carbocycles. The molecule has 0 fully saturated rings. The van der Waals surface area contributed by atoms with Gasteiger partial charge >= 0.3 is 0 Å². The average Bonchev–Trinajstić information content (AvgIpc) is 2.58. The smallest absolute Gasteiger partial charge is 0.218 e. The predicted octanol–water partition coefficient (Wildman–Crippen LogP) is 3.62. The Morgan fingerprint density at radius 1 is 1.44 bits per heavy atom. The topological polar surface area (TPSA) is 21.6 Å². The average molecular weight is 256 g/mol. The first-order valence-electron chi connectivity index (χ1n) is 5.09. The predicted molar refractivity (Wildman–Crippen MR) is 69.8 cm³/mol. The molecule has 2 rings (SSSR count). The minimum atomic E-state index is -0.132. The Labute approximate surface area is 105 Å². The molecule has 1 aromatic rings. The van der Waals surface area contributed by atoms with Crippen LogP contribution in [0.1, 0.15) is 19.4 Å². The van der Waals surface area contributed by atoms with Gasteiger partial charge in [0, 0.05) is 4.90 Å². The summed E-state index contributed by atoms with van der Waals surface area (Å²) < 4.78 is 5.63. The van der Waals surface area contributed by atoms with E-state index < -0.39 is 0 Å². The zero-order valence-electron chi connectivity index (χ0n) is 9.58. The van der Waals surface area contributed by atoms with Gasteiger partial charge in [-0.15, -0.1) is 11.8 Å². The van der Waals surface area contributed by atoms with Crippen molar-refractivity contribution in [3.05, 3.63) is 28.8 Å². The highest BCUT2D eigenvalue weighted by Gasteiger charge is 2.28. The normalized spacial score (nSPS) is 18.1. The molecule has 0 unspecified atom stereocenters. The van der Waals surface area contributed by atoms with E-state index in [-0.39, 0.29) is 5.54 Å². The summed E-state index contributed by atoms with van der Waals surface area (Å²) in [4.78, 5) is 5.59. The standard InChI is InChI=1S/C12H14ClNOS/c1-12(2)7-15-11(14-12)8-5-4-6-9(13)10(8)16-3/h4-6H,7H2,1-3H3. The molecule has 0 radical (unpaired) electrons. The van der Waals surface area contributed by atoms with Crippen molar-refractivity contribution >= 4 is 29.3 Å². The Morgan fingerprint density at radius 2 is 2.19 bits per heavy atom. The summed E-state index contributed by atoms with van der Waals surface area (Å²) in [5, 5.41) is 0.751. The van der Waals surface area contributed by atoms with Gasteiger partial charge in [0.1, 0.15) is 6.61 Å². The molecule has 0 aromatic heterocycles. The van der Waals surface area contributed by atoms with Crippen molar-refractivity contribution in [3.8, 4) is 0 Å². The Morgan fingerprint density at radius 3 is 2.75 bits per heavy atom. The van der Waals surface area contributed by atoms with Gasteiger partial charge in [-0.1, -0.05) is 17.7 Å². The second kappa shape index (κ2) is 4.30. The van der Waals surface area contributed by atoms with Crippen LogP contribution in [-0.4, -0.2) is 24.3 Å². The quantitative estimate of drug-likeness (QED) is 0.753. The van der Waals surface area contributed by atoms with Crippen LogP contribution < -0.4 is 0 Å². The molecule has 1 aliphatic heterocycles. The number of thioether (sulfide) groups is 1. The lowest BCUT2D eigenvalue weighted by Gasteiger charge is -2.08. The third-order valence-corrected chi connectivity index (χ3v) is 3.64. The van der Waals surface area contributed by atoms with Crippen molar-refractivity contribution in [1.82, 2.24) is 0 Å². The van der Waals surface area contributed by atoms with Gasteiger partial charge in [-0.25, -0.2) is 4.99 Å². The molecule has 0 saturated heterocycles. The highest BCUT2D eigenvalue weighted by atomic mass is 35.5. The molecule has 0 amide bonds. The number of nitrogens with zero attached hydrogens (tertiary/aromatic N) is 1. The van der Waals surface area contributed by atoms with E-state index in [4.69, 9.17) is 16.3 Å². The summed E-state index contributed by atoms with van der Waals surface area (Å²) in [6.45, 7) is 4.75. The van der Waals surface area contributed by atoms with Crippen molar-refractivity contribution in [3.63, 3.8) is 0 Å². The molecule has 0 aliphatic carbocycles. The number of hydrogen-bond acceptors (Lipinski definition) is 3. The van der Waals surface area contributed by atoms with Crippen molar-refractivity contribution in [2.45, 2.75) is 24.3 Å². The van der Waals surface area contributed by atoms with E-state index in [9.17, 15) is 0 Å². The summed E-state index contributed by atoms with van der Waals surface area (Å²) in [6, 6.07) is 5.81. The maximum Gasteiger partial charge on any atom is 0.218 e. The molecule has 16 heavy (non-hydrogen) atoms. The number of hydrogen-bond donors (Lipinski definition) is 0. The van der Waals surface area contributed by atoms with Gasteiger partial charge in [0.25, 0.3) is 0 Å². The lowest BCUT2D eigenvalue weighted by molar-refractivity contribution is 0.279. The molecular weight excluding hydrogens is 242 g/mol. The highest BCUT2D eigenvalue weighted by Crippen LogP contribution is 2.32. The minimum Gasteiger partial charge on any atom is -0.475 e. The summed E-state index contributed by atoms with van der Waals surface area (Å²) in [7, 11) is 0. The number of aliphatic imine (C=N–C) groups is 1. The summed E-state index contributed by atoms with van der Waals surface area (Å²) in [5.41, 5.74) is 0.860. The van der Waals surface area contributed by atoms with E-state index in [1.807, 2.05) is 24.5 Å². The second-order valence-corrected chi connectivity index (χ2v) is 5.56. The van der Waals surface area contributed by atoms with Crippen LogP contribution in [0.3, 0.4) is 0 Å². The third-order valence-electron chi connectivity index (χ3n) is 2.37. The first-order chi connectivity index (χ1) is 7.53. The van der Waals surface area contributed by atoms with Crippen LogP contribution in [0.2, 0.25) is 5.02 Å². The Bertz CT molecular complexity index is 443. The largest absolute Gasteiger partial charge is 0.475 e. The minimum absolute atomic E-state index is 0.132. The first kappa shape index (κ1) is 11.8. The molecule has 0 atom stereocenters. The zero-order chi connectivity index (χ0) is 11.8. The van der Waals surface area contributed by atoms with Crippen molar-refractivity contribution in [2.24, 2.45) is 4.99 Å². The molecular formula is C12H14ClNOS. The molecule has 0 spiro atoms. The Balaban J connectivity index is 2.46. The zero-order valence-corrected chi connectivity index (χ0v) is 11.2. The highest BCUT2D eigenvalue weighted by molar-refractivity contribution is 7.98. The summed E-state index contributed by atoms with van der Waals surface area (Å²) >= 11 is 7.76. The number of rotatable bonds is 2. The van der Waals surface area contributed by atoms with Crippen molar-refractivity contribution < 1.29 is 4.74 Å². The first-order valence-corrected chi connectivity index (χ1v) is 6.69. The summed E-state index contributed by atoms with van der Waals surface area (Å²) in [5.74, 6) is 0.705. The lowest BCUT2D eigenvalue weighted by atomic mass is 10.1. The molecule has 1 heterocycles. The van der Waals surface area contributed by atoms with E-state index in [0.29, 0.717) is 12.5 Å². The van der Waals surface area contributed by atoms with Crippen molar-refractivity contribution in [2.75, 3.05) is 12.9 Å². The van der Waals surface area contributed by atoms with E-state index in [0.717, 1.165) is 15.5 Å². The van der Waals surface area contributed by atoms with Crippen LogP contribution in [-0.2, 0) is 4.74 Å². The van der Waals surface area contributed by atoms with Gasteiger partial charge in [0.2, 0.25) is 5.90 Å². The van der Waals surface area contributed by atoms with Crippen LogP contribution in [0.4, 0.5) is 0 Å². The van der Waals surface area contributed by atoms with E-state index in [1.54, 1.807) is 11.8 Å². The monoisotopic (exact) mass is 255 g/mol. The van der Waals surface area contributed by atoms with Crippen LogP contribution in [0, 0.1) is 0 Å². The number of halogens is 1. The maximum absolute atomic E-state index is 6.15. The van der Waals surface area contributed by atoms with Crippen LogP contribution in [0.25, 0.3) is 0 Å². The maximum atomic E-state index is 6.15. The van der Waals surface area contributed by atoms with Gasteiger partial charge in [0.05, 0.1) is 16.1 Å². The Kier molecular flexibility index (Phi) is 3.17. The van der Waals surface area contributed by atoms with E-state index in [1.165, 1.54) is 0 Å². The number of benzene rings is 1. The fraction of sp³-hybridized carbons (Fsp3) is 0.417. The number of ether oxygens (including phenoxy) is 1. The fourth-order valence-corrected chi connectivity index (χ4v) is 2.65. The molecule has 0 N–H and O–H groups in total.